The highest BCUT2D eigenvalue weighted by Crippen LogP contribution is 2.29. The van der Waals surface area contributed by atoms with Gasteiger partial charge in [0.2, 0.25) is 5.91 Å². The van der Waals surface area contributed by atoms with Crippen LogP contribution in [0.5, 0.6) is 0 Å². The molecule has 0 aromatic heterocycles. The van der Waals surface area contributed by atoms with Crippen molar-refractivity contribution in [1.82, 2.24) is 15.5 Å². The van der Waals surface area contributed by atoms with Crippen LogP contribution in [0.3, 0.4) is 0 Å². The molecule has 1 saturated heterocycles. The number of piperidine rings is 1. The third-order valence-electron chi connectivity index (χ3n) is 6.86. The molecule has 1 aliphatic heterocycles. The second kappa shape index (κ2) is 9.55. The fraction of sp³-hybridized carbons (Fsp3) is 0.652. The number of rotatable bonds is 5. The zero-order chi connectivity index (χ0) is 20.1. The highest BCUT2D eigenvalue weighted by molar-refractivity contribution is 5.94. The third-order valence-corrected chi connectivity index (χ3v) is 6.86. The van der Waals surface area contributed by atoms with Crippen LogP contribution in [0.25, 0.3) is 0 Å². The Balaban J connectivity index is 1.45. The van der Waals surface area contributed by atoms with Gasteiger partial charge < -0.3 is 10.6 Å². The monoisotopic (exact) mass is 385 g/mol. The summed E-state index contributed by atoms with van der Waals surface area (Å²) >= 11 is 0. The first-order valence-corrected chi connectivity index (χ1v) is 10.9. The number of amides is 2. The van der Waals surface area contributed by atoms with Crippen molar-refractivity contribution in [1.29, 1.82) is 0 Å². The normalized spacial score (nSPS) is 27.8. The quantitative estimate of drug-likeness (QED) is 0.818. The zero-order valence-electron chi connectivity index (χ0n) is 17.5. The molecule has 2 aliphatic rings. The molecule has 0 spiro atoms. The molecule has 0 radical (unpaired) electrons. The molecular weight excluding hydrogens is 350 g/mol. The van der Waals surface area contributed by atoms with Crippen molar-refractivity contribution in [2.75, 3.05) is 13.1 Å². The molecule has 2 amide bonds. The molecule has 28 heavy (non-hydrogen) atoms. The maximum Gasteiger partial charge on any atom is 0.251 e. The number of hydrogen-bond acceptors (Lipinski definition) is 3. The number of hydrogen-bond donors (Lipinski definition) is 2. The van der Waals surface area contributed by atoms with Crippen LogP contribution in [0.4, 0.5) is 0 Å². The van der Waals surface area contributed by atoms with Crippen molar-refractivity contribution in [3.63, 3.8) is 0 Å². The lowest BCUT2D eigenvalue weighted by Gasteiger charge is -2.38. The molecule has 154 valence electrons. The third kappa shape index (κ3) is 5.13. The van der Waals surface area contributed by atoms with Crippen LogP contribution in [0, 0.1) is 11.8 Å². The van der Waals surface area contributed by atoms with E-state index in [0.29, 0.717) is 23.4 Å². The van der Waals surface area contributed by atoms with Crippen LogP contribution in [0.1, 0.15) is 63.2 Å². The summed E-state index contributed by atoms with van der Waals surface area (Å²) < 4.78 is 0. The highest BCUT2D eigenvalue weighted by Gasteiger charge is 2.32. The Morgan fingerprint density at radius 3 is 2.36 bits per heavy atom. The molecule has 5 heteroatoms. The predicted molar refractivity (Wildman–Crippen MR) is 112 cm³/mol. The summed E-state index contributed by atoms with van der Waals surface area (Å²) in [7, 11) is 0. The van der Waals surface area contributed by atoms with Gasteiger partial charge in [0.05, 0.1) is 6.04 Å². The van der Waals surface area contributed by atoms with Crippen LogP contribution >= 0.6 is 0 Å². The van der Waals surface area contributed by atoms with Gasteiger partial charge >= 0.3 is 0 Å². The summed E-state index contributed by atoms with van der Waals surface area (Å²) in [5.41, 5.74) is 0.702. The van der Waals surface area contributed by atoms with E-state index in [-0.39, 0.29) is 23.9 Å². The van der Waals surface area contributed by atoms with Gasteiger partial charge in [-0.2, -0.15) is 0 Å². The van der Waals surface area contributed by atoms with Crippen molar-refractivity contribution in [3.05, 3.63) is 35.9 Å². The topological polar surface area (TPSA) is 61.4 Å². The lowest BCUT2D eigenvalue weighted by molar-refractivity contribution is -0.127. The molecule has 3 rings (SSSR count). The Morgan fingerprint density at radius 2 is 1.68 bits per heavy atom. The van der Waals surface area contributed by atoms with E-state index in [9.17, 15) is 9.59 Å². The molecule has 1 heterocycles. The second-order valence-corrected chi connectivity index (χ2v) is 8.71. The van der Waals surface area contributed by atoms with Gasteiger partial charge in [0.1, 0.15) is 0 Å². The molecular formula is C23H35N3O2. The van der Waals surface area contributed by atoms with Crippen LogP contribution < -0.4 is 10.6 Å². The molecule has 5 nitrogen and oxygen atoms in total. The molecule has 1 aromatic rings. The van der Waals surface area contributed by atoms with Gasteiger partial charge in [0.25, 0.3) is 5.91 Å². The molecule has 2 N–H and O–H groups in total. The van der Waals surface area contributed by atoms with Gasteiger partial charge in [-0.3, -0.25) is 14.5 Å². The number of carbonyl (C=O) groups excluding carboxylic acids is 2. The Bertz CT molecular complexity index is 655. The van der Waals surface area contributed by atoms with Gasteiger partial charge in [0.15, 0.2) is 0 Å². The van der Waals surface area contributed by atoms with Gasteiger partial charge in [-0.15, -0.1) is 0 Å². The maximum absolute atomic E-state index is 12.8. The van der Waals surface area contributed by atoms with E-state index in [0.717, 1.165) is 32.4 Å². The Kier molecular flexibility index (Phi) is 7.11. The number of carbonyl (C=O) groups is 2. The Labute approximate surface area is 169 Å². The Hall–Kier alpha value is -1.88. The minimum Gasteiger partial charge on any atom is -0.352 e. The van der Waals surface area contributed by atoms with Crippen LogP contribution in [0.2, 0.25) is 0 Å². The van der Waals surface area contributed by atoms with Crippen molar-refractivity contribution in [2.24, 2.45) is 11.8 Å². The SMILES string of the molecule is C[C@@H]1[C@H](C)CCC[C@@H]1NC(=O)[C@H](C)N1CCC(NC(=O)c2ccccc2)CC1. The molecule has 0 bridgehead atoms. The van der Waals surface area contributed by atoms with Crippen molar-refractivity contribution in [2.45, 2.75) is 71.0 Å². The van der Waals surface area contributed by atoms with Crippen molar-refractivity contribution in [3.8, 4) is 0 Å². The first kappa shape index (κ1) is 20.8. The first-order chi connectivity index (χ1) is 13.5. The largest absolute Gasteiger partial charge is 0.352 e. The number of benzene rings is 1. The van der Waals surface area contributed by atoms with E-state index in [2.05, 4.69) is 29.4 Å². The van der Waals surface area contributed by atoms with Gasteiger partial charge in [-0.25, -0.2) is 0 Å². The lowest BCUT2D eigenvalue weighted by Crippen LogP contribution is -2.54. The summed E-state index contributed by atoms with van der Waals surface area (Å²) in [5, 5.41) is 6.44. The smallest absolute Gasteiger partial charge is 0.251 e. The molecule has 1 aromatic carbocycles. The maximum atomic E-state index is 12.8. The molecule has 1 aliphatic carbocycles. The van der Waals surface area contributed by atoms with E-state index in [4.69, 9.17) is 0 Å². The molecule has 1 saturated carbocycles. The molecule has 4 atom stereocenters. The van der Waals surface area contributed by atoms with Crippen molar-refractivity contribution < 1.29 is 9.59 Å². The second-order valence-electron chi connectivity index (χ2n) is 8.71. The first-order valence-electron chi connectivity index (χ1n) is 10.9. The summed E-state index contributed by atoms with van der Waals surface area (Å²) in [6, 6.07) is 9.72. The summed E-state index contributed by atoms with van der Waals surface area (Å²) in [6.07, 6.45) is 5.33. The fourth-order valence-electron chi connectivity index (χ4n) is 4.54. The highest BCUT2D eigenvalue weighted by atomic mass is 16.2. The molecule has 2 fully saturated rings. The van der Waals surface area contributed by atoms with E-state index in [1.54, 1.807) is 0 Å². The summed E-state index contributed by atoms with van der Waals surface area (Å²) in [6.45, 7) is 8.24. The minimum atomic E-state index is -0.116. The van der Waals surface area contributed by atoms with Crippen LogP contribution in [-0.4, -0.2) is 47.9 Å². The van der Waals surface area contributed by atoms with E-state index in [1.165, 1.54) is 12.8 Å². The summed E-state index contributed by atoms with van der Waals surface area (Å²) in [4.78, 5) is 27.4. The van der Waals surface area contributed by atoms with Crippen molar-refractivity contribution >= 4 is 11.8 Å². The van der Waals surface area contributed by atoms with Crippen LogP contribution in [-0.2, 0) is 4.79 Å². The lowest BCUT2D eigenvalue weighted by atomic mass is 9.78. The average molecular weight is 386 g/mol. The number of nitrogens with zero attached hydrogens (tertiary/aromatic N) is 1. The number of likely N-dealkylation sites (tertiary alicyclic amines) is 1. The van der Waals surface area contributed by atoms with E-state index in [1.807, 2.05) is 37.3 Å². The van der Waals surface area contributed by atoms with E-state index < -0.39 is 0 Å². The van der Waals surface area contributed by atoms with Crippen LogP contribution in [0.15, 0.2) is 30.3 Å². The van der Waals surface area contributed by atoms with Gasteiger partial charge in [0, 0.05) is 30.7 Å². The zero-order valence-corrected chi connectivity index (χ0v) is 17.5. The van der Waals surface area contributed by atoms with E-state index >= 15 is 0 Å². The fourth-order valence-corrected chi connectivity index (χ4v) is 4.54. The predicted octanol–water partition coefficient (Wildman–Crippen LogP) is 3.21. The Morgan fingerprint density at radius 1 is 1.00 bits per heavy atom. The molecule has 0 unspecified atom stereocenters. The minimum absolute atomic E-state index is 0.00903. The average Bonchev–Trinajstić information content (AvgIpc) is 2.72. The number of nitrogens with one attached hydrogen (secondary N) is 2. The van der Waals surface area contributed by atoms with Gasteiger partial charge in [-0.1, -0.05) is 44.9 Å². The van der Waals surface area contributed by atoms with Gasteiger partial charge in [-0.05, 0) is 50.2 Å². The standard InChI is InChI=1S/C23H35N3O2/c1-16-8-7-11-21(17(16)2)25-22(27)18(3)26-14-12-20(13-15-26)24-23(28)19-9-5-4-6-10-19/h4-6,9-10,16-18,20-21H,7-8,11-15H2,1-3H3,(H,24,28)(H,25,27)/t16-,17-,18+,21+/m1/s1. The summed E-state index contributed by atoms with van der Waals surface area (Å²) in [5.74, 6) is 1.37.